The molecule has 3 aromatic rings. The average molecular weight is 402 g/mol. The van der Waals surface area contributed by atoms with Crippen LogP contribution in [-0.2, 0) is 0 Å². The maximum Gasteiger partial charge on any atom is 0.337 e. The highest BCUT2D eigenvalue weighted by atomic mass is 35.5. The van der Waals surface area contributed by atoms with Crippen LogP contribution in [-0.4, -0.2) is 21.9 Å². The Balaban J connectivity index is 1.82. The number of halogens is 2. The second kappa shape index (κ2) is 7.86. The molecule has 0 spiro atoms. The van der Waals surface area contributed by atoms with Crippen LogP contribution >= 0.6 is 23.2 Å². The summed E-state index contributed by atoms with van der Waals surface area (Å²) in [5.74, 6) is -1.08. The maximum atomic E-state index is 11.1. The van der Waals surface area contributed by atoms with Crippen molar-refractivity contribution in [2.24, 2.45) is 5.10 Å². The number of aryl methyl sites for hydroxylation is 1. The Labute approximate surface area is 166 Å². The van der Waals surface area contributed by atoms with Crippen molar-refractivity contribution in [1.82, 2.24) is 4.57 Å². The fourth-order valence-corrected chi connectivity index (χ4v) is 3.17. The van der Waals surface area contributed by atoms with E-state index in [2.05, 4.69) is 15.1 Å². The van der Waals surface area contributed by atoms with Gasteiger partial charge in [-0.1, -0.05) is 23.2 Å². The maximum absolute atomic E-state index is 11.1. The van der Waals surface area contributed by atoms with Crippen LogP contribution in [0.3, 0.4) is 0 Å². The monoisotopic (exact) mass is 401 g/mol. The van der Waals surface area contributed by atoms with Crippen LogP contribution in [0, 0.1) is 13.8 Å². The summed E-state index contributed by atoms with van der Waals surface area (Å²) in [6.45, 7) is 4.03. The van der Waals surface area contributed by atoms with E-state index in [9.17, 15) is 4.79 Å². The normalized spacial score (nSPS) is 11.1. The highest BCUT2D eigenvalue weighted by Gasteiger charge is 2.10. The number of carbonyl (C=O) groups is 1. The summed E-state index contributed by atoms with van der Waals surface area (Å²) in [5.41, 5.74) is 7.47. The summed E-state index contributed by atoms with van der Waals surface area (Å²) >= 11 is 11.8. The first-order chi connectivity index (χ1) is 12.9. The molecule has 0 atom stereocenters. The molecular formula is C20H17Cl2N3O2. The highest BCUT2D eigenvalue weighted by Crippen LogP contribution is 2.22. The fraction of sp³-hybridized carbons (Fsp3) is 0.100. The molecule has 2 N–H and O–H groups in total. The van der Waals surface area contributed by atoms with E-state index in [0.717, 1.165) is 22.6 Å². The van der Waals surface area contributed by atoms with Crippen molar-refractivity contribution in [2.75, 3.05) is 5.43 Å². The Kier molecular flexibility index (Phi) is 5.54. The predicted octanol–water partition coefficient (Wildman–Crippen LogP) is 5.55. The van der Waals surface area contributed by atoms with E-state index < -0.39 is 5.97 Å². The van der Waals surface area contributed by atoms with Crippen LogP contribution in [0.5, 0.6) is 0 Å². The number of hydrogen-bond donors (Lipinski definition) is 2. The summed E-state index contributed by atoms with van der Waals surface area (Å²) in [6, 6.07) is 14.3. The standard InChI is InChI=1S/C20H17Cl2N3O2/c1-12-9-14(13(2)25(12)17-6-3-15(21)4-7-17)11-23-24-16-5-8-19(22)18(10-16)20(26)27/h3-11,24H,1-2H3,(H,26,27)/b23-11-. The molecule has 138 valence electrons. The third-order valence-electron chi connectivity index (χ3n) is 4.15. The van der Waals surface area contributed by atoms with Gasteiger partial charge in [-0.15, -0.1) is 0 Å². The number of anilines is 1. The number of aromatic nitrogens is 1. The van der Waals surface area contributed by atoms with E-state index in [4.69, 9.17) is 28.3 Å². The summed E-state index contributed by atoms with van der Waals surface area (Å²) in [5, 5.41) is 14.2. The molecule has 0 aliphatic heterocycles. The Hall–Kier alpha value is -2.76. The van der Waals surface area contributed by atoms with Crippen LogP contribution in [0.1, 0.15) is 27.3 Å². The summed E-state index contributed by atoms with van der Waals surface area (Å²) in [6.07, 6.45) is 1.70. The van der Waals surface area contributed by atoms with Gasteiger partial charge in [0.25, 0.3) is 0 Å². The second-order valence-electron chi connectivity index (χ2n) is 6.01. The summed E-state index contributed by atoms with van der Waals surface area (Å²) < 4.78 is 2.11. The summed E-state index contributed by atoms with van der Waals surface area (Å²) in [7, 11) is 0. The van der Waals surface area contributed by atoms with Crippen LogP contribution in [0.15, 0.2) is 53.6 Å². The number of nitrogens with one attached hydrogen (secondary N) is 1. The zero-order chi connectivity index (χ0) is 19.6. The number of nitrogens with zero attached hydrogens (tertiary/aromatic N) is 2. The third kappa shape index (κ3) is 4.15. The number of aromatic carboxylic acids is 1. The number of benzene rings is 2. The number of hydrazone groups is 1. The van der Waals surface area contributed by atoms with Crippen LogP contribution in [0.2, 0.25) is 10.0 Å². The Morgan fingerprint density at radius 3 is 2.48 bits per heavy atom. The van der Waals surface area contributed by atoms with Gasteiger partial charge in [0.2, 0.25) is 0 Å². The van der Waals surface area contributed by atoms with Crippen molar-refractivity contribution in [3.63, 3.8) is 0 Å². The van der Waals surface area contributed by atoms with E-state index in [1.54, 1.807) is 12.3 Å². The van der Waals surface area contributed by atoms with E-state index in [0.29, 0.717) is 10.7 Å². The van der Waals surface area contributed by atoms with Gasteiger partial charge in [-0.25, -0.2) is 4.79 Å². The third-order valence-corrected chi connectivity index (χ3v) is 4.73. The van der Waals surface area contributed by atoms with Gasteiger partial charge in [-0.2, -0.15) is 5.10 Å². The number of carboxylic acid groups (broad SMARTS) is 1. The lowest BCUT2D eigenvalue weighted by molar-refractivity contribution is 0.0697. The van der Waals surface area contributed by atoms with E-state index in [1.807, 2.05) is 44.2 Å². The molecule has 3 rings (SSSR count). The van der Waals surface area contributed by atoms with Crippen LogP contribution in [0.4, 0.5) is 5.69 Å². The van der Waals surface area contributed by atoms with Crippen molar-refractivity contribution < 1.29 is 9.90 Å². The first kappa shape index (κ1) is 19.0. The quantitative estimate of drug-likeness (QED) is 0.435. The van der Waals surface area contributed by atoms with E-state index >= 15 is 0 Å². The van der Waals surface area contributed by atoms with Gasteiger partial charge in [0.15, 0.2) is 0 Å². The minimum absolute atomic E-state index is 0.0257. The minimum atomic E-state index is -1.08. The molecule has 1 aromatic heterocycles. The molecule has 27 heavy (non-hydrogen) atoms. The van der Waals surface area contributed by atoms with E-state index in [-0.39, 0.29) is 10.6 Å². The number of hydrogen-bond acceptors (Lipinski definition) is 3. The Morgan fingerprint density at radius 1 is 1.11 bits per heavy atom. The molecule has 0 saturated carbocycles. The lowest BCUT2D eigenvalue weighted by Gasteiger charge is -2.09. The molecule has 0 amide bonds. The van der Waals surface area contributed by atoms with E-state index in [1.165, 1.54) is 12.1 Å². The smallest absolute Gasteiger partial charge is 0.337 e. The molecule has 0 saturated heterocycles. The van der Waals surface area contributed by atoms with Crippen molar-refractivity contribution >= 4 is 41.1 Å². The molecule has 1 heterocycles. The molecule has 0 bridgehead atoms. The van der Waals surface area contributed by atoms with Crippen LogP contribution < -0.4 is 5.43 Å². The van der Waals surface area contributed by atoms with Crippen molar-refractivity contribution in [2.45, 2.75) is 13.8 Å². The van der Waals surface area contributed by atoms with Crippen molar-refractivity contribution in [3.05, 3.63) is 81.1 Å². The first-order valence-corrected chi connectivity index (χ1v) is 8.89. The molecule has 5 nitrogen and oxygen atoms in total. The lowest BCUT2D eigenvalue weighted by atomic mass is 10.2. The molecule has 0 aliphatic carbocycles. The van der Waals surface area contributed by atoms with Gasteiger partial charge < -0.3 is 9.67 Å². The molecule has 0 aliphatic rings. The SMILES string of the molecule is Cc1cc(/C=N\Nc2ccc(Cl)c(C(=O)O)c2)c(C)n1-c1ccc(Cl)cc1. The minimum Gasteiger partial charge on any atom is -0.478 e. The molecular weight excluding hydrogens is 385 g/mol. The van der Waals surface area contributed by atoms with Gasteiger partial charge in [0.05, 0.1) is 22.5 Å². The fourth-order valence-electron chi connectivity index (χ4n) is 2.84. The first-order valence-electron chi connectivity index (χ1n) is 8.13. The van der Waals surface area contributed by atoms with Gasteiger partial charge in [-0.3, -0.25) is 5.43 Å². The van der Waals surface area contributed by atoms with Crippen LogP contribution in [0.25, 0.3) is 5.69 Å². The van der Waals surface area contributed by atoms with Gasteiger partial charge in [0.1, 0.15) is 0 Å². The zero-order valence-electron chi connectivity index (χ0n) is 14.7. The average Bonchev–Trinajstić information content (AvgIpc) is 2.91. The zero-order valence-corrected chi connectivity index (χ0v) is 16.2. The molecule has 0 unspecified atom stereocenters. The largest absolute Gasteiger partial charge is 0.478 e. The second-order valence-corrected chi connectivity index (χ2v) is 6.85. The number of rotatable bonds is 5. The lowest BCUT2D eigenvalue weighted by Crippen LogP contribution is -2.00. The molecule has 0 radical (unpaired) electrons. The van der Waals surface area contributed by atoms with Crippen molar-refractivity contribution in [3.8, 4) is 5.69 Å². The van der Waals surface area contributed by atoms with Gasteiger partial charge >= 0.3 is 5.97 Å². The molecule has 0 fully saturated rings. The Bertz CT molecular complexity index is 1020. The van der Waals surface area contributed by atoms with Gasteiger partial charge in [0, 0.05) is 27.7 Å². The number of carboxylic acids is 1. The van der Waals surface area contributed by atoms with Gasteiger partial charge in [-0.05, 0) is 62.4 Å². The Morgan fingerprint density at radius 2 is 1.81 bits per heavy atom. The van der Waals surface area contributed by atoms with Crippen molar-refractivity contribution in [1.29, 1.82) is 0 Å². The highest BCUT2D eigenvalue weighted by molar-refractivity contribution is 6.33. The predicted molar refractivity (Wildman–Crippen MR) is 110 cm³/mol. The summed E-state index contributed by atoms with van der Waals surface area (Å²) in [4.78, 5) is 11.1. The molecule has 2 aromatic carbocycles. The molecule has 7 heteroatoms. The topological polar surface area (TPSA) is 66.6 Å².